The van der Waals surface area contributed by atoms with Crippen molar-refractivity contribution in [3.63, 3.8) is 0 Å². The van der Waals surface area contributed by atoms with E-state index in [-0.39, 0.29) is 0 Å². The van der Waals surface area contributed by atoms with Crippen LogP contribution in [0.3, 0.4) is 0 Å². The molecule has 1 aromatic rings. The highest BCUT2D eigenvalue weighted by atomic mass is 79.9. The molecule has 4 heteroatoms. The number of hydrogen-bond donors (Lipinski definition) is 1. The molecule has 1 aliphatic heterocycles. The van der Waals surface area contributed by atoms with Crippen molar-refractivity contribution in [1.82, 2.24) is 4.90 Å². The van der Waals surface area contributed by atoms with Gasteiger partial charge in [-0.25, -0.2) is 0 Å². The van der Waals surface area contributed by atoms with Gasteiger partial charge in [-0.1, -0.05) is 12.8 Å². The largest absolute Gasteiger partial charge is 0.327 e. The molecule has 106 valence electrons. The molecule has 0 spiro atoms. The normalized spacial score (nSPS) is 30.0. The third-order valence-corrected chi connectivity index (χ3v) is 6.14. The molecule has 2 unspecified atom stereocenters. The monoisotopic (exact) mass is 342 g/mol. The van der Waals surface area contributed by atoms with E-state index in [1.54, 1.807) is 11.3 Å². The van der Waals surface area contributed by atoms with Crippen LogP contribution in [0.5, 0.6) is 0 Å². The molecular formula is C15H23BrN2S. The van der Waals surface area contributed by atoms with Gasteiger partial charge in [-0.2, -0.15) is 0 Å². The Morgan fingerprint density at radius 2 is 2.11 bits per heavy atom. The van der Waals surface area contributed by atoms with E-state index in [2.05, 4.69) is 32.3 Å². The second-order valence-electron chi connectivity index (χ2n) is 6.22. The van der Waals surface area contributed by atoms with Crippen LogP contribution in [0.1, 0.15) is 37.7 Å². The lowest BCUT2D eigenvalue weighted by Crippen LogP contribution is -2.50. The summed E-state index contributed by atoms with van der Waals surface area (Å²) in [6, 6.07) is 3.47. The summed E-state index contributed by atoms with van der Waals surface area (Å²) in [7, 11) is 0. The lowest BCUT2D eigenvalue weighted by atomic mass is 9.89. The van der Waals surface area contributed by atoms with Crippen LogP contribution in [0, 0.1) is 5.92 Å². The number of rotatable bonds is 3. The van der Waals surface area contributed by atoms with Crippen molar-refractivity contribution in [2.75, 3.05) is 13.1 Å². The standard InChI is InChI=1S/C15H23BrN2S/c16-15-7-12(10-19-15)5-11-6-13(17)9-18(8-11)14-3-1-2-4-14/h7,10-11,13-14H,1-6,8-9,17H2. The highest BCUT2D eigenvalue weighted by Crippen LogP contribution is 2.30. The summed E-state index contributed by atoms with van der Waals surface area (Å²) >= 11 is 5.35. The number of nitrogens with zero attached hydrogens (tertiary/aromatic N) is 1. The molecule has 0 radical (unpaired) electrons. The first-order valence-electron chi connectivity index (χ1n) is 7.43. The van der Waals surface area contributed by atoms with Crippen LogP contribution >= 0.6 is 27.3 Å². The molecule has 2 nitrogen and oxygen atoms in total. The Morgan fingerprint density at radius 3 is 2.79 bits per heavy atom. The Kier molecular flexibility index (Phi) is 4.62. The van der Waals surface area contributed by atoms with Crippen molar-refractivity contribution in [3.8, 4) is 0 Å². The molecule has 0 aromatic carbocycles. The predicted molar refractivity (Wildman–Crippen MR) is 85.6 cm³/mol. The first-order valence-corrected chi connectivity index (χ1v) is 9.10. The lowest BCUT2D eigenvalue weighted by molar-refractivity contribution is 0.111. The average molecular weight is 343 g/mol. The molecule has 1 saturated carbocycles. The van der Waals surface area contributed by atoms with Gasteiger partial charge in [0.15, 0.2) is 0 Å². The summed E-state index contributed by atoms with van der Waals surface area (Å²) in [5.41, 5.74) is 7.77. The van der Waals surface area contributed by atoms with Gasteiger partial charge in [0.25, 0.3) is 0 Å². The van der Waals surface area contributed by atoms with Crippen LogP contribution < -0.4 is 5.73 Å². The third kappa shape index (κ3) is 3.60. The van der Waals surface area contributed by atoms with Gasteiger partial charge < -0.3 is 5.73 Å². The molecule has 2 aliphatic rings. The quantitative estimate of drug-likeness (QED) is 0.908. The van der Waals surface area contributed by atoms with E-state index < -0.39 is 0 Å². The second-order valence-corrected chi connectivity index (χ2v) is 8.51. The van der Waals surface area contributed by atoms with E-state index in [1.807, 2.05) is 0 Å². The Morgan fingerprint density at radius 1 is 1.32 bits per heavy atom. The summed E-state index contributed by atoms with van der Waals surface area (Å²) in [6.45, 7) is 2.38. The van der Waals surface area contributed by atoms with Gasteiger partial charge in [-0.05, 0) is 64.5 Å². The van der Waals surface area contributed by atoms with E-state index in [0.717, 1.165) is 18.5 Å². The van der Waals surface area contributed by atoms with Crippen LogP contribution in [0.25, 0.3) is 0 Å². The summed E-state index contributed by atoms with van der Waals surface area (Å²) in [4.78, 5) is 2.69. The van der Waals surface area contributed by atoms with Crippen LogP contribution in [0.2, 0.25) is 0 Å². The lowest BCUT2D eigenvalue weighted by Gasteiger charge is -2.39. The fourth-order valence-electron chi connectivity index (χ4n) is 3.79. The Bertz CT molecular complexity index is 414. The average Bonchev–Trinajstić information content (AvgIpc) is 3.00. The molecule has 1 aromatic heterocycles. The van der Waals surface area contributed by atoms with Crippen molar-refractivity contribution in [3.05, 3.63) is 20.8 Å². The van der Waals surface area contributed by atoms with Crippen molar-refractivity contribution >= 4 is 27.3 Å². The highest BCUT2D eigenvalue weighted by Gasteiger charge is 2.31. The van der Waals surface area contributed by atoms with E-state index >= 15 is 0 Å². The molecule has 3 rings (SSSR count). The minimum Gasteiger partial charge on any atom is -0.327 e. The van der Waals surface area contributed by atoms with Crippen LogP contribution in [-0.2, 0) is 6.42 Å². The fraction of sp³-hybridized carbons (Fsp3) is 0.733. The Hall–Kier alpha value is 0.1000. The number of likely N-dealkylation sites (tertiary alicyclic amines) is 1. The second kappa shape index (κ2) is 6.25. The third-order valence-electron chi connectivity index (χ3n) is 4.59. The number of hydrogen-bond acceptors (Lipinski definition) is 3. The summed E-state index contributed by atoms with van der Waals surface area (Å²) in [6.07, 6.45) is 8.00. The predicted octanol–water partition coefficient (Wildman–Crippen LogP) is 3.64. The molecule has 2 fully saturated rings. The summed E-state index contributed by atoms with van der Waals surface area (Å²) in [5.74, 6) is 0.742. The van der Waals surface area contributed by atoms with Crippen molar-refractivity contribution in [2.45, 2.75) is 50.6 Å². The smallest absolute Gasteiger partial charge is 0.0701 e. The minimum absolute atomic E-state index is 0.376. The summed E-state index contributed by atoms with van der Waals surface area (Å²) < 4.78 is 1.25. The van der Waals surface area contributed by atoms with Gasteiger partial charge in [-0.3, -0.25) is 4.90 Å². The molecule has 2 atom stereocenters. The van der Waals surface area contributed by atoms with Gasteiger partial charge in [0, 0.05) is 25.2 Å². The molecule has 2 N–H and O–H groups in total. The number of nitrogens with two attached hydrogens (primary N) is 1. The number of thiophene rings is 1. The molecule has 0 bridgehead atoms. The topological polar surface area (TPSA) is 29.3 Å². The van der Waals surface area contributed by atoms with Gasteiger partial charge in [0.1, 0.15) is 0 Å². The van der Waals surface area contributed by atoms with Crippen LogP contribution in [0.15, 0.2) is 15.2 Å². The zero-order valence-electron chi connectivity index (χ0n) is 11.4. The van der Waals surface area contributed by atoms with Gasteiger partial charge in [0.2, 0.25) is 0 Å². The van der Waals surface area contributed by atoms with E-state index in [9.17, 15) is 0 Å². The first kappa shape index (κ1) is 14.1. The fourth-order valence-corrected chi connectivity index (χ4v) is 5.01. The molecule has 19 heavy (non-hydrogen) atoms. The molecule has 1 saturated heterocycles. The SMILES string of the molecule is NC1CC(Cc2csc(Br)c2)CN(C2CCCC2)C1. The Labute approximate surface area is 128 Å². The van der Waals surface area contributed by atoms with Crippen molar-refractivity contribution < 1.29 is 0 Å². The number of piperidine rings is 1. The zero-order chi connectivity index (χ0) is 13.2. The van der Waals surface area contributed by atoms with E-state index in [0.29, 0.717) is 6.04 Å². The van der Waals surface area contributed by atoms with Gasteiger partial charge in [0.05, 0.1) is 3.79 Å². The van der Waals surface area contributed by atoms with Crippen LogP contribution in [0.4, 0.5) is 0 Å². The molecule has 1 aliphatic carbocycles. The highest BCUT2D eigenvalue weighted by molar-refractivity contribution is 9.11. The van der Waals surface area contributed by atoms with Crippen molar-refractivity contribution in [1.29, 1.82) is 0 Å². The molecule has 0 amide bonds. The molecule has 2 heterocycles. The number of halogens is 1. The minimum atomic E-state index is 0.376. The van der Waals surface area contributed by atoms with Crippen LogP contribution in [-0.4, -0.2) is 30.1 Å². The Balaban J connectivity index is 1.61. The summed E-state index contributed by atoms with van der Waals surface area (Å²) in [5, 5.41) is 2.28. The van der Waals surface area contributed by atoms with E-state index in [1.165, 1.54) is 54.4 Å². The van der Waals surface area contributed by atoms with Gasteiger partial charge >= 0.3 is 0 Å². The van der Waals surface area contributed by atoms with Gasteiger partial charge in [-0.15, -0.1) is 11.3 Å². The zero-order valence-corrected chi connectivity index (χ0v) is 13.8. The molecular weight excluding hydrogens is 320 g/mol. The van der Waals surface area contributed by atoms with Crippen molar-refractivity contribution in [2.24, 2.45) is 11.7 Å². The first-order chi connectivity index (χ1) is 9.20. The maximum absolute atomic E-state index is 6.29. The maximum atomic E-state index is 6.29. The van der Waals surface area contributed by atoms with E-state index in [4.69, 9.17) is 5.73 Å². The maximum Gasteiger partial charge on any atom is 0.0701 e.